The molecule has 0 aromatic heterocycles. The molecule has 0 amide bonds. The minimum Gasteiger partial charge on any atom is -0.489 e. The van der Waals surface area contributed by atoms with Crippen molar-refractivity contribution in [1.82, 2.24) is 5.32 Å². The van der Waals surface area contributed by atoms with Gasteiger partial charge in [-0.3, -0.25) is 0 Å². The third-order valence-corrected chi connectivity index (χ3v) is 3.86. The van der Waals surface area contributed by atoms with Crippen LogP contribution in [0.15, 0.2) is 42.5 Å². The van der Waals surface area contributed by atoms with Crippen molar-refractivity contribution in [3.05, 3.63) is 65.0 Å². The predicted molar refractivity (Wildman–Crippen MR) is 77.3 cm³/mol. The van der Waals surface area contributed by atoms with Crippen molar-refractivity contribution in [1.29, 1.82) is 0 Å². The van der Waals surface area contributed by atoms with E-state index >= 15 is 0 Å². The molecule has 2 nitrogen and oxygen atoms in total. The third kappa shape index (κ3) is 2.54. The molecule has 0 saturated carbocycles. The average Bonchev–Trinajstić information content (AvgIpc) is 2.89. The van der Waals surface area contributed by atoms with Crippen LogP contribution in [0.25, 0.3) is 0 Å². The maximum Gasteiger partial charge on any atom is 0.123 e. The predicted octanol–water partition coefficient (Wildman–Crippen LogP) is 3.61. The maximum absolute atomic E-state index is 13.1. The number of fused-ring (bicyclic) bond motifs is 1. The summed E-state index contributed by atoms with van der Waals surface area (Å²) in [7, 11) is 1.99. The standard InChI is InChI=1S/C17H18FNO/c1-19-16-9-8-15-14(16)6-3-7-17(15)20-11-12-4-2-5-13(18)10-12/h2-7,10,16,19H,8-9,11H2,1H3. The Hall–Kier alpha value is -1.87. The highest BCUT2D eigenvalue weighted by Gasteiger charge is 2.23. The zero-order chi connectivity index (χ0) is 13.9. The third-order valence-electron chi connectivity index (χ3n) is 3.86. The Morgan fingerprint density at radius 2 is 2.10 bits per heavy atom. The van der Waals surface area contributed by atoms with Crippen molar-refractivity contribution >= 4 is 0 Å². The van der Waals surface area contributed by atoms with E-state index < -0.39 is 0 Å². The van der Waals surface area contributed by atoms with Crippen molar-refractivity contribution in [3.8, 4) is 5.75 Å². The molecule has 3 rings (SSSR count). The van der Waals surface area contributed by atoms with Crippen LogP contribution in [0.1, 0.15) is 29.2 Å². The van der Waals surface area contributed by atoms with Crippen LogP contribution in [0.2, 0.25) is 0 Å². The molecule has 0 bridgehead atoms. The number of halogens is 1. The van der Waals surface area contributed by atoms with Crippen molar-refractivity contribution in [2.45, 2.75) is 25.5 Å². The van der Waals surface area contributed by atoms with Gasteiger partial charge in [-0.1, -0.05) is 24.3 Å². The second-order valence-corrected chi connectivity index (χ2v) is 5.12. The number of rotatable bonds is 4. The molecule has 1 unspecified atom stereocenters. The van der Waals surface area contributed by atoms with E-state index in [4.69, 9.17) is 4.74 Å². The summed E-state index contributed by atoms with van der Waals surface area (Å²) in [5.74, 6) is 0.698. The van der Waals surface area contributed by atoms with Gasteiger partial charge in [0.05, 0.1) is 0 Å². The van der Waals surface area contributed by atoms with Gasteiger partial charge in [-0.15, -0.1) is 0 Å². The summed E-state index contributed by atoms with van der Waals surface area (Å²) in [5.41, 5.74) is 3.46. The normalized spacial score (nSPS) is 17.0. The lowest BCUT2D eigenvalue weighted by Gasteiger charge is -2.13. The molecular weight excluding hydrogens is 253 g/mol. The molecule has 2 aromatic rings. The molecule has 1 aliphatic carbocycles. The Balaban J connectivity index is 1.77. The van der Waals surface area contributed by atoms with Crippen molar-refractivity contribution in [3.63, 3.8) is 0 Å². The largest absolute Gasteiger partial charge is 0.489 e. The quantitative estimate of drug-likeness (QED) is 0.917. The molecule has 0 saturated heterocycles. The zero-order valence-electron chi connectivity index (χ0n) is 11.5. The highest BCUT2D eigenvalue weighted by molar-refractivity contribution is 5.45. The van der Waals surface area contributed by atoms with Crippen LogP contribution < -0.4 is 10.1 Å². The van der Waals surface area contributed by atoms with Crippen molar-refractivity contribution in [2.24, 2.45) is 0 Å². The Kier molecular flexibility index (Phi) is 3.70. The minimum absolute atomic E-state index is 0.223. The Labute approximate surface area is 118 Å². The number of ether oxygens (including phenoxy) is 1. The monoisotopic (exact) mass is 271 g/mol. The first-order valence-electron chi connectivity index (χ1n) is 6.94. The molecule has 0 fully saturated rings. The molecule has 0 spiro atoms. The van der Waals surface area contributed by atoms with E-state index in [1.165, 1.54) is 23.3 Å². The Morgan fingerprint density at radius 3 is 2.90 bits per heavy atom. The number of benzene rings is 2. The second kappa shape index (κ2) is 5.63. The minimum atomic E-state index is -0.223. The fraction of sp³-hybridized carbons (Fsp3) is 0.294. The van der Waals surface area contributed by atoms with Gasteiger partial charge in [-0.05, 0) is 54.8 Å². The van der Waals surface area contributed by atoms with Gasteiger partial charge in [0.2, 0.25) is 0 Å². The van der Waals surface area contributed by atoms with Crippen LogP contribution in [0.5, 0.6) is 5.75 Å². The molecule has 3 heteroatoms. The first-order valence-corrected chi connectivity index (χ1v) is 6.94. The first kappa shape index (κ1) is 13.1. The van der Waals surface area contributed by atoms with Crippen LogP contribution in [0.3, 0.4) is 0 Å². The summed E-state index contributed by atoms with van der Waals surface area (Å²) in [5, 5.41) is 3.32. The van der Waals surface area contributed by atoms with Crippen LogP contribution in [0.4, 0.5) is 4.39 Å². The van der Waals surface area contributed by atoms with Crippen LogP contribution in [0, 0.1) is 5.82 Å². The van der Waals surface area contributed by atoms with Crippen molar-refractivity contribution < 1.29 is 9.13 Å². The summed E-state index contributed by atoms with van der Waals surface area (Å²) < 4.78 is 19.0. The topological polar surface area (TPSA) is 21.3 Å². The maximum atomic E-state index is 13.1. The van der Waals surface area contributed by atoms with Gasteiger partial charge in [-0.25, -0.2) is 4.39 Å². The Bertz CT molecular complexity index is 612. The second-order valence-electron chi connectivity index (χ2n) is 5.12. The van der Waals surface area contributed by atoms with Gasteiger partial charge in [-0.2, -0.15) is 0 Å². The number of nitrogens with one attached hydrogen (secondary N) is 1. The van der Waals surface area contributed by atoms with E-state index in [9.17, 15) is 4.39 Å². The van der Waals surface area contributed by atoms with E-state index in [1.807, 2.05) is 25.2 Å². The van der Waals surface area contributed by atoms with Crippen LogP contribution in [-0.2, 0) is 13.0 Å². The fourth-order valence-corrected chi connectivity index (χ4v) is 2.84. The van der Waals surface area contributed by atoms with E-state index in [-0.39, 0.29) is 5.82 Å². The van der Waals surface area contributed by atoms with Gasteiger partial charge in [0.15, 0.2) is 0 Å². The highest BCUT2D eigenvalue weighted by atomic mass is 19.1. The van der Waals surface area contributed by atoms with Crippen LogP contribution in [-0.4, -0.2) is 7.05 Å². The molecular formula is C17H18FNO. The van der Waals surface area contributed by atoms with Gasteiger partial charge >= 0.3 is 0 Å². The average molecular weight is 271 g/mol. The summed E-state index contributed by atoms with van der Waals surface area (Å²) in [4.78, 5) is 0. The van der Waals surface area contributed by atoms with Gasteiger partial charge in [0.1, 0.15) is 18.2 Å². The summed E-state index contributed by atoms with van der Waals surface area (Å²) in [6, 6.07) is 13.1. The number of hydrogen-bond acceptors (Lipinski definition) is 2. The summed E-state index contributed by atoms with van der Waals surface area (Å²) in [6.07, 6.45) is 2.13. The molecule has 20 heavy (non-hydrogen) atoms. The van der Waals surface area contributed by atoms with E-state index in [1.54, 1.807) is 6.07 Å². The lowest BCUT2D eigenvalue weighted by atomic mass is 10.1. The Morgan fingerprint density at radius 1 is 1.25 bits per heavy atom. The van der Waals surface area contributed by atoms with E-state index in [2.05, 4.69) is 11.4 Å². The summed E-state index contributed by atoms with van der Waals surface area (Å²) in [6.45, 7) is 0.401. The van der Waals surface area contributed by atoms with Crippen molar-refractivity contribution in [2.75, 3.05) is 7.05 Å². The number of hydrogen-bond donors (Lipinski definition) is 1. The molecule has 1 atom stereocenters. The highest BCUT2D eigenvalue weighted by Crippen LogP contribution is 2.36. The first-order chi connectivity index (χ1) is 9.78. The van der Waals surface area contributed by atoms with E-state index in [0.717, 1.165) is 24.2 Å². The molecule has 0 radical (unpaired) electrons. The fourth-order valence-electron chi connectivity index (χ4n) is 2.84. The SMILES string of the molecule is CNC1CCc2c(OCc3cccc(F)c3)cccc21. The van der Waals surface area contributed by atoms with E-state index in [0.29, 0.717) is 12.6 Å². The molecule has 0 aliphatic heterocycles. The lowest BCUT2D eigenvalue weighted by molar-refractivity contribution is 0.302. The van der Waals surface area contributed by atoms with Gasteiger partial charge < -0.3 is 10.1 Å². The lowest BCUT2D eigenvalue weighted by Crippen LogP contribution is -2.12. The van der Waals surface area contributed by atoms with Gasteiger partial charge in [0, 0.05) is 6.04 Å². The molecule has 2 aromatic carbocycles. The van der Waals surface area contributed by atoms with Crippen LogP contribution >= 0.6 is 0 Å². The smallest absolute Gasteiger partial charge is 0.123 e. The zero-order valence-corrected chi connectivity index (χ0v) is 11.5. The summed E-state index contributed by atoms with van der Waals surface area (Å²) >= 11 is 0. The molecule has 0 heterocycles. The molecule has 104 valence electrons. The van der Waals surface area contributed by atoms with Gasteiger partial charge in [0.25, 0.3) is 0 Å². The molecule has 1 aliphatic rings. The molecule has 1 N–H and O–H groups in total.